The third-order valence-corrected chi connectivity index (χ3v) is 4.61. The van der Waals surface area contributed by atoms with E-state index in [2.05, 4.69) is 5.32 Å². The highest BCUT2D eigenvalue weighted by Crippen LogP contribution is 2.38. The number of rotatable bonds is 1. The zero-order chi connectivity index (χ0) is 16.5. The highest BCUT2D eigenvalue weighted by atomic mass is 19.4. The molecule has 0 aromatic heterocycles. The maximum atomic E-state index is 13.0. The lowest BCUT2D eigenvalue weighted by molar-refractivity contribution is -0.136. The smallest absolute Gasteiger partial charge is 0.381 e. The molecule has 2 heterocycles. The minimum absolute atomic E-state index is 0.0286. The van der Waals surface area contributed by atoms with Gasteiger partial charge in [-0.05, 0) is 31.4 Å². The van der Waals surface area contributed by atoms with Crippen LogP contribution in [0.5, 0.6) is 0 Å². The van der Waals surface area contributed by atoms with Gasteiger partial charge in [0, 0.05) is 25.1 Å². The predicted molar refractivity (Wildman–Crippen MR) is 79.1 cm³/mol. The maximum absolute atomic E-state index is 13.0. The van der Waals surface area contributed by atoms with E-state index in [1.165, 1.54) is 18.2 Å². The van der Waals surface area contributed by atoms with Gasteiger partial charge < -0.3 is 15.0 Å². The van der Waals surface area contributed by atoms with Gasteiger partial charge >= 0.3 is 12.2 Å². The zero-order valence-electron chi connectivity index (χ0n) is 12.7. The first-order chi connectivity index (χ1) is 10.9. The first kappa shape index (κ1) is 16.1. The highest BCUT2D eigenvalue weighted by Gasteiger charge is 2.40. The van der Waals surface area contributed by atoms with Crippen LogP contribution in [0.15, 0.2) is 24.3 Å². The first-order valence-corrected chi connectivity index (χ1v) is 7.70. The minimum atomic E-state index is -4.49. The number of carbonyl (C=O) groups excluding carboxylic acids is 1. The average Bonchev–Trinajstić information content (AvgIpc) is 2.94. The molecule has 1 atom stereocenters. The Morgan fingerprint density at radius 3 is 2.74 bits per heavy atom. The molecule has 1 spiro atoms. The summed E-state index contributed by atoms with van der Waals surface area (Å²) in [6.07, 6.45) is -1.75. The number of benzene rings is 1. The molecule has 1 aromatic rings. The van der Waals surface area contributed by atoms with Crippen molar-refractivity contribution in [2.45, 2.75) is 25.4 Å². The number of likely N-dealkylation sites (tertiary alicyclic amines) is 1. The van der Waals surface area contributed by atoms with Crippen LogP contribution in [0.1, 0.15) is 24.8 Å². The van der Waals surface area contributed by atoms with Crippen molar-refractivity contribution in [1.82, 2.24) is 4.90 Å². The summed E-state index contributed by atoms with van der Waals surface area (Å²) in [7, 11) is 0. The van der Waals surface area contributed by atoms with Crippen LogP contribution in [0, 0.1) is 5.41 Å². The van der Waals surface area contributed by atoms with Crippen molar-refractivity contribution in [2.75, 3.05) is 31.6 Å². The number of halogens is 3. The van der Waals surface area contributed by atoms with Crippen LogP contribution in [-0.4, -0.2) is 37.2 Å². The van der Waals surface area contributed by atoms with E-state index < -0.39 is 17.8 Å². The second-order valence-corrected chi connectivity index (χ2v) is 6.30. The molecule has 23 heavy (non-hydrogen) atoms. The van der Waals surface area contributed by atoms with Gasteiger partial charge in [0.05, 0.1) is 17.9 Å². The third-order valence-electron chi connectivity index (χ3n) is 4.61. The monoisotopic (exact) mass is 328 g/mol. The van der Waals surface area contributed by atoms with Gasteiger partial charge in [0.1, 0.15) is 0 Å². The number of para-hydroxylation sites is 1. The molecule has 126 valence electrons. The summed E-state index contributed by atoms with van der Waals surface area (Å²) >= 11 is 0. The van der Waals surface area contributed by atoms with Crippen LogP contribution in [-0.2, 0) is 10.9 Å². The number of hydrogen-bond acceptors (Lipinski definition) is 2. The molecule has 2 fully saturated rings. The molecule has 1 N–H and O–H groups in total. The number of nitrogens with one attached hydrogen (secondary N) is 1. The Labute approximate surface area is 132 Å². The van der Waals surface area contributed by atoms with Gasteiger partial charge in [-0.3, -0.25) is 0 Å². The summed E-state index contributed by atoms with van der Waals surface area (Å²) in [5, 5.41) is 2.42. The Hall–Kier alpha value is -1.76. The van der Waals surface area contributed by atoms with E-state index in [0.717, 1.165) is 25.3 Å². The molecule has 0 unspecified atom stereocenters. The van der Waals surface area contributed by atoms with E-state index in [-0.39, 0.29) is 11.1 Å². The van der Waals surface area contributed by atoms with Gasteiger partial charge in [0.15, 0.2) is 0 Å². The Morgan fingerprint density at radius 1 is 1.26 bits per heavy atom. The van der Waals surface area contributed by atoms with Crippen LogP contribution in [0.2, 0.25) is 0 Å². The summed E-state index contributed by atoms with van der Waals surface area (Å²) in [5.74, 6) is 0. The number of nitrogens with zero attached hydrogens (tertiary/aromatic N) is 1. The van der Waals surface area contributed by atoms with Crippen LogP contribution in [0.3, 0.4) is 0 Å². The molecular weight excluding hydrogens is 309 g/mol. The number of carbonyl (C=O) groups is 1. The van der Waals surface area contributed by atoms with E-state index in [1.54, 1.807) is 4.90 Å². The predicted octanol–water partition coefficient (Wildman–Crippen LogP) is 3.74. The molecular formula is C16H19F3N2O2. The topological polar surface area (TPSA) is 41.6 Å². The Bertz CT molecular complexity index is 583. The van der Waals surface area contributed by atoms with Crippen LogP contribution in [0.25, 0.3) is 0 Å². The normalized spacial score (nSPS) is 24.9. The van der Waals surface area contributed by atoms with Crippen LogP contribution < -0.4 is 5.32 Å². The van der Waals surface area contributed by atoms with Crippen LogP contribution >= 0.6 is 0 Å². The molecule has 3 rings (SSSR count). The van der Waals surface area contributed by atoms with Crippen molar-refractivity contribution in [3.63, 3.8) is 0 Å². The van der Waals surface area contributed by atoms with Gasteiger partial charge in [-0.2, -0.15) is 13.2 Å². The largest absolute Gasteiger partial charge is 0.418 e. The number of ether oxygens (including phenoxy) is 1. The van der Waals surface area contributed by atoms with Gasteiger partial charge in [-0.15, -0.1) is 0 Å². The standard InChI is InChI=1S/C16H19F3N2O2/c17-16(18,19)12-4-1-2-5-13(12)20-14(22)21-8-3-6-15(10-21)7-9-23-11-15/h1-2,4-5H,3,6-11H2,(H,20,22)/t15-/m0/s1. The zero-order valence-corrected chi connectivity index (χ0v) is 12.7. The summed E-state index contributed by atoms with van der Waals surface area (Å²) in [6.45, 7) is 2.40. The summed E-state index contributed by atoms with van der Waals surface area (Å²) in [6, 6.07) is 4.56. The molecule has 7 heteroatoms. The maximum Gasteiger partial charge on any atom is 0.418 e. The lowest BCUT2D eigenvalue weighted by atomic mass is 9.79. The average molecular weight is 328 g/mol. The second-order valence-electron chi connectivity index (χ2n) is 6.30. The molecule has 0 saturated carbocycles. The number of alkyl halides is 3. The van der Waals surface area contributed by atoms with Crippen molar-refractivity contribution >= 4 is 11.7 Å². The van der Waals surface area contributed by atoms with Crippen molar-refractivity contribution in [3.05, 3.63) is 29.8 Å². The number of amides is 2. The molecule has 2 aliphatic heterocycles. The lowest BCUT2D eigenvalue weighted by Crippen LogP contribution is -2.48. The number of urea groups is 1. The van der Waals surface area contributed by atoms with Gasteiger partial charge in [0.2, 0.25) is 0 Å². The molecule has 1 aromatic carbocycles. The Balaban J connectivity index is 1.72. The Morgan fingerprint density at radius 2 is 2.04 bits per heavy atom. The van der Waals surface area contributed by atoms with E-state index in [0.29, 0.717) is 26.3 Å². The number of anilines is 1. The third kappa shape index (κ3) is 3.44. The highest BCUT2D eigenvalue weighted by molar-refractivity contribution is 5.90. The fourth-order valence-corrected chi connectivity index (χ4v) is 3.39. The van der Waals surface area contributed by atoms with Gasteiger partial charge in [0.25, 0.3) is 0 Å². The SMILES string of the molecule is O=C(Nc1ccccc1C(F)(F)F)N1CCC[C@]2(CCOC2)C1. The summed E-state index contributed by atoms with van der Waals surface area (Å²) in [5.41, 5.74) is -1.06. The van der Waals surface area contributed by atoms with Gasteiger partial charge in [-0.25, -0.2) is 4.79 Å². The quantitative estimate of drug-likeness (QED) is 0.853. The fraction of sp³-hybridized carbons (Fsp3) is 0.562. The number of piperidine rings is 1. The first-order valence-electron chi connectivity index (χ1n) is 7.70. The molecule has 2 amide bonds. The van der Waals surface area contributed by atoms with Crippen molar-refractivity contribution < 1.29 is 22.7 Å². The molecule has 0 aliphatic carbocycles. The molecule has 2 aliphatic rings. The number of hydrogen-bond donors (Lipinski definition) is 1. The Kier molecular flexibility index (Phi) is 4.23. The van der Waals surface area contributed by atoms with Crippen molar-refractivity contribution in [3.8, 4) is 0 Å². The van der Waals surface area contributed by atoms with E-state index in [1.807, 2.05) is 0 Å². The molecule has 4 nitrogen and oxygen atoms in total. The fourth-order valence-electron chi connectivity index (χ4n) is 3.39. The summed E-state index contributed by atoms with van der Waals surface area (Å²) in [4.78, 5) is 14.0. The van der Waals surface area contributed by atoms with E-state index >= 15 is 0 Å². The van der Waals surface area contributed by atoms with E-state index in [9.17, 15) is 18.0 Å². The van der Waals surface area contributed by atoms with Crippen LogP contribution in [0.4, 0.5) is 23.7 Å². The molecule has 0 bridgehead atoms. The van der Waals surface area contributed by atoms with Crippen molar-refractivity contribution in [1.29, 1.82) is 0 Å². The minimum Gasteiger partial charge on any atom is -0.381 e. The molecule has 2 saturated heterocycles. The summed E-state index contributed by atoms with van der Waals surface area (Å²) < 4.78 is 44.4. The van der Waals surface area contributed by atoms with Gasteiger partial charge in [-0.1, -0.05) is 12.1 Å². The molecule has 0 radical (unpaired) electrons. The van der Waals surface area contributed by atoms with E-state index in [4.69, 9.17) is 4.74 Å². The second kappa shape index (κ2) is 6.03. The lowest BCUT2D eigenvalue weighted by Gasteiger charge is -2.39. The van der Waals surface area contributed by atoms with Crippen molar-refractivity contribution in [2.24, 2.45) is 5.41 Å².